The minimum atomic E-state index is -0.318. The van der Waals surface area contributed by atoms with Gasteiger partial charge >= 0.3 is 0 Å². The van der Waals surface area contributed by atoms with Gasteiger partial charge in [-0.05, 0) is 30.3 Å². The van der Waals surface area contributed by atoms with Crippen LogP contribution in [0, 0.1) is 0 Å². The number of ether oxygens (including phenoxy) is 1. The van der Waals surface area contributed by atoms with Crippen LogP contribution in [0.5, 0.6) is 5.75 Å². The molecule has 2 aromatic carbocycles. The van der Waals surface area contributed by atoms with Crippen LogP contribution in [0.25, 0.3) is 11.0 Å². The van der Waals surface area contributed by atoms with E-state index in [0.717, 1.165) is 16.8 Å². The van der Waals surface area contributed by atoms with Crippen molar-refractivity contribution >= 4 is 22.9 Å². The maximum atomic E-state index is 12.4. The molecule has 4 rings (SSSR count). The van der Waals surface area contributed by atoms with Gasteiger partial charge in [0.1, 0.15) is 5.75 Å². The molecule has 0 unspecified atom stereocenters. The molecule has 7 heteroatoms. The van der Waals surface area contributed by atoms with E-state index < -0.39 is 0 Å². The van der Waals surface area contributed by atoms with Gasteiger partial charge in [0.05, 0.1) is 11.0 Å². The highest BCUT2D eigenvalue weighted by Gasteiger charge is 2.14. The van der Waals surface area contributed by atoms with Crippen molar-refractivity contribution in [3.05, 3.63) is 72.6 Å². The lowest BCUT2D eigenvalue weighted by Crippen LogP contribution is -2.16. The van der Waals surface area contributed by atoms with Crippen molar-refractivity contribution in [3.8, 4) is 5.75 Å². The Labute approximate surface area is 149 Å². The van der Waals surface area contributed by atoms with Crippen molar-refractivity contribution in [2.24, 2.45) is 7.05 Å². The van der Waals surface area contributed by atoms with Crippen molar-refractivity contribution in [3.63, 3.8) is 0 Å². The molecule has 2 aromatic heterocycles. The first-order valence-electron chi connectivity index (χ1n) is 8.15. The van der Waals surface area contributed by atoms with Crippen molar-refractivity contribution in [2.75, 3.05) is 5.32 Å². The first-order chi connectivity index (χ1) is 12.7. The highest BCUT2D eigenvalue weighted by atomic mass is 16.5. The third kappa shape index (κ3) is 3.14. The first kappa shape index (κ1) is 15.9. The molecule has 1 amide bonds. The Balaban J connectivity index is 1.45. The van der Waals surface area contributed by atoms with Crippen LogP contribution >= 0.6 is 0 Å². The highest BCUT2D eigenvalue weighted by Crippen LogP contribution is 2.18. The summed E-state index contributed by atoms with van der Waals surface area (Å²) < 4.78 is 9.02. The third-order valence-corrected chi connectivity index (χ3v) is 3.99. The third-order valence-electron chi connectivity index (χ3n) is 3.99. The summed E-state index contributed by atoms with van der Waals surface area (Å²) in [5, 5.41) is 7.05. The predicted octanol–water partition coefficient (Wildman–Crippen LogP) is 3.06. The van der Waals surface area contributed by atoms with Crippen LogP contribution in [-0.2, 0) is 13.8 Å². The van der Waals surface area contributed by atoms with Crippen molar-refractivity contribution < 1.29 is 9.53 Å². The summed E-state index contributed by atoms with van der Waals surface area (Å²) in [4.78, 5) is 16.9. The van der Waals surface area contributed by atoms with Gasteiger partial charge in [-0.3, -0.25) is 10.1 Å². The Morgan fingerprint density at radius 3 is 2.65 bits per heavy atom. The number of hydrogen-bond acceptors (Lipinski definition) is 4. The van der Waals surface area contributed by atoms with Crippen LogP contribution < -0.4 is 10.1 Å². The Bertz CT molecular complexity index is 1050. The number of fused-ring (bicyclic) bond motifs is 1. The number of nitrogens with zero attached hydrogens (tertiary/aromatic N) is 4. The minimum Gasteiger partial charge on any atom is -0.471 e. The van der Waals surface area contributed by atoms with Crippen molar-refractivity contribution in [1.82, 2.24) is 19.3 Å². The number of aromatic nitrogens is 4. The number of imidazole rings is 1. The lowest BCUT2D eigenvalue weighted by Gasteiger charge is -2.05. The van der Waals surface area contributed by atoms with E-state index in [4.69, 9.17) is 4.74 Å². The quantitative estimate of drug-likeness (QED) is 0.602. The molecule has 2 heterocycles. The molecule has 7 nitrogen and oxygen atoms in total. The molecule has 130 valence electrons. The summed E-state index contributed by atoms with van der Waals surface area (Å²) in [6.45, 7) is 0.226. The van der Waals surface area contributed by atoms with Gasteiger partial charge in [-0.15, -0.1) is 0 Å². The molecule has 0 aliphatic rings. The monoisotopic (exact) mass is 347 g/mol. The second-order valence-electron chi connectivity index (χ2n) is 5.76. The molecule has 0 bridgehead atoms. The molecule has 26 heavy (non-hydrogen) atoms. The molecule has 0 fully saturated rings. The number of amides is 1. The summed E-state index contributed by atoms with van der Waals surface area (Å²) in [7, 11) is 1.86. The van der Waals surface area contributed by atoms with Crippen molar-refractivity contribution in [2.45, 2.75) is 6.73 Å². The standard InChI is InChI=1S/C19H17N5O2/c1-23-17-10-6-5-9-15(17)20-19(23)21-18(25)16-11-12-24(22-16)13-26-14-7-3-2-4-8-14/h2-12H,13H2,1H3,(H,20,21,25). The lowest BCUT2D eigenvalue weighted by atomic mass is 10.3. The zero-order chi connectivity index (χ0) is 17.9. The molecular formula is C19H17N5O2. The van der Waals surface area contributed by atoms with E-state index in [-0.39, 0.29) is 12.6 Å². The SMILES string of the molecule is Cn1c(NC(=O)c2ccn(COc3ccccc3)n2)nc2ccccc21. The average molecular weight is 347 g/mol. The summed E-state index contributed by atoms with van der Waals surface area (Å²) in [6.07, 6.45) is 1.70. The van der Waals surface area contributed by atoms with E-state index in [2.05, 4.69) is 15.4 Å². The number of hydrogen-bond donors (Lipinski definition) is 1. The number of carbonyl (C=O) groups excluding carboxylic acids is 1. The Morgan fingerprint density at radius 2 is 1.85 bits per heavy atom. The van der Waals surface area contributed by atoms with Gasteiger partial charge in [-0.2, -0.15) is 5.10 Å². The molecule has 0 aliphatic carbocycles. The molecular weight excluding hydrogens is 330 g/mol. The summed E-state index contributed by atoms with van der Waals surface area (Å²) in [5.74, 6) is 0.904. The molecule has 0 spiro atoms. The van der Waals surface area contributed by atoms with Crippen LogP contribution in [0.15, 0.2) is 66.9 Å². The van der Waals surface area contributed by atoms with Gasteiger partial charge in [0.15, 0.2) is 12.4 Å². The molecule has 0 saturated heterocycles. The molecule has 0 radical (unpaired) electrons. The second kappa shape index (κ2) is 6.72. The fraction of sp³-hybridized carbons (Fsp3) is 0.105. The van der Waals surface area contributed by atoms with Crippen LogP contribution in [-0.4, -0.2) is 25.2 Å². The van der Waals surface area contributed by atoms with Gasteiger partial charge in [0.2, 0.25) is 5.95 Å². The van der Waals surface area contributed by atoms with Gasteiger partial charge < -0.3 is 9.30 Å². The number of para-hydroxylation sites is 3. The number of carbonyl (C=O) groups is 1. The molecule has 0 atom stereocenters. The maximum absolute atomic E-state index is 12.4. The molecule has 1 N–H and O–H groups in total. The van der Waals surface area contributed by atoms with E-state index >= 15 is 0 Å². The minimum absolute atomic E-state index is 0.226. The fourth-order valence-corrected chi connectivity index (χ4v) is 2.63. The number of rotatable bonds is 5. The maximum Gasteiger partial charge on any atom is 0.278 e. The van der Waals surface area contributed by atoms with Crippen LogP contribution in [0.2, 0.25) is 0 Å². The average Bonchev–Trinajstić information content (AvgIpc) is 3.27. The molecule has 0 aliphatic heterocycles. The van der Waals surface area contributed by atoms with Gasteiger partial charge in [-0.25, -0.2) is 9.67 Å². The smallest absolute Gasteiger partial charge is 0.278 e. The Hall–Kier alpha value is -3.61. The fourth-order valence-electron chi connectivity index (χ4n) is 2.63. The number of nitrogens with one attached hydrogen (secondary N) is 1. The topological polar surface area (TPSA) is 74.0 Å². The van der Waals surface area contributed by atoms with E-state index in [0.29, 0.717) is 11.6 Å². The number of anilines is 1. The molecule has 0 saturated carbocycles. The highest BCUT2D eigenvalue weighted by molar-refractivity contribution is 6.02. The normalized spacial score (nSPS) is 10.8. The van der Waals surface area contributed by atoms with Crippen molar-refractivity contribution in [1.29, 1.82) is 0 Å². The largest absolute Gasteiger partial charge is 0.471 e. The number of aryl methyl sites for hydroxylation is 1. The summed E-state index contributed by atoms with van der Waals surface area (Å²) in [6, 6.07) is 18.8. The zero-order valence-corrected chi connectivity index (χ0v) is 14.2. The van der Waals surface area contributed by atoms with E-state index in [1.165, 1.54) is 0 Å². The zero-order valence-electron chi connectivity index (χ0n) is 14.2. The van der Waals surface area contributed by atoms with E-state index in [1.54, 1.807) is 16.9 Å². The summed E-state index contributed by atoms with van der Waals surface area (Å²) in [5.41, 5.74) is 2.07. The molecule has 4 aromatic rings. The van der Waals surface area contributed by atoms with Gasteiger partial charge in [0, 0.05) is 13.2 Å². The van der Waals surface area contributed by atoms with Crippen LogP contribution in [0.4, 0.5) is 5.95 Å². The summed E-state index contributed by atoms with van der Waals surface area (Å²) >= 11 is 0. The van der Waals surface area contributed by atoms with E-state index in [9.17, 15) is 4.79 Å². The first-order valence-corrected chi connectivity index (χ1v) is 8.15. The Morgan fingerprint density at radius 1 is 1.08 bits per heavy atom. The predicted molar refractivity (Wildman–Crippen MR) is 98.0 cm³/mol. The van der Waals surface area contributed by atoms with E-state index in [1.807, 2.05) is 66.2 Å². The van der Waals surface area contributed by atoms with Gasteiger partial charge in [-0.1, -0.05) is 30.3 Å². The van der Waals surface area contributed by atoms with Crippen LogP contribution in [0.3, 0.4) is 0 Å². The second-order valence-corrected chi connectivity index (χ2v) is 5.76. The van der Waals surface area contributed by atoms with Crippen LogP contribution in [0.1, 0.15) is 10.5 Å². The Kier molecular flexibility index (Phi) is 4.10. The number of benzene rings is 2. The van der Waals surface area contributed by atoms with Gasteiger partial charge in [0.25, 0.3) is 5.91 Å². The lowest BCUT2D eigenvalue weighted by molar-refractivity contribution is 0.101.